The lowest BCUT2D eigenvalue weighted by Gasteiger charge is -2.49. The largest absolute Gasteiger partial charge is 0.354 e. The quantitative estimate of drug-likeness (QED) is 0.355. The van der Waals surface area contributed by atoms with Gasteiger partial charge in [0.15, 0.2) is 5.96 Å². The van der Waals surface area contributed by atoms with Crippen LogP contribution in [0.4, 0.5) is 5.95 Å². The van der Waals surface area contributed by atoms with Crippen LogP contribution in [0, 0.1) is 0 Å². The van der Waals surface area contributed by atoms with Crippen molar-refractivity contribution in [3.8, 4) is 0 Å². The van der Waals surface area contributed by atoms with E-state index in [2.05, 4.69) is 46.7 Å². The molecule has 0 atom stereocenters. The first-order valence-electron chi connectivity index (χ1n) is 11.1. The third-order valence-electron chi connectivity index (χ3n) is 6.67. The molecule has 30 heavy (non-hydrogen) atoms. The zero-order valence-corrected chi connectivity index (χ0v) is 21.3. The van der Waals surface area contributed by atoms with Crippen molar-refractivity contribution in [1.29, 1.82) is 0 Å². The molecule has 2 saturated heterocycles. The number of hydrogen-bond donors (Lipinski definition) is 1. The normalized spacial score (nSPS) is 23.0. The number of aromatic nitrogens is 2. The van der Waals surface area contributed by atoms with Crippen molar-refractivity contribution in [2.45, 2.75) is 37.6 Å². The number of rotatable bonds is 4. The van der Waals surface area contributed by atoms with E-state index < -0.39 is 0 Å². The van der Waals surface area contributed by atoms with E-state index >= 15 is 0 Å². The summed E-state index contributed by atoms with van der Waals surface area (Å²) in [6.45, 7) is 7.25. The molecule has 0 spiro atoms. The van der Waals surface area contributed by atoms with Gasteiger partial charge < -0.3 is 15.1 Å². The van der Waals surface area contributed by atoms with Crippen molar-refractivity contribution in [2.24, 2.45) is 4.99 Å². The molecule has 2 aliphatic heterocycles. The molecule has 1 aromatic heterocycles. The van der Waals surface area contributed by atoms with E-state index in [9.17, 15) is 0 Å². The smallest absolute Gasteiger partial charge is 0.225 e. The summed E-state index contributed by atoms with van der Waals surface area (Å²) in [4.78, 5) is 20.9. The van der Waals surface area contributed by atoms with Gasteiger partial charge in [-0.15, -0.1) is 24.0 Å². The maximum atomic E-state index is 4.63. The number of anilines is 1. The highest BCUT2D eigenvalue weighted by atomic mass is 127. The van der Waals surface area contributed by atoms with Gasteiger partial charge >= 0.3 is 0 Å². The molecule has 1 N–H and O–H groups in total. The minimum Gasteiger partial charge on any atom is -0.354 e. The van der Waals surface area contributed by atoms with Crippen molar-refractivity contribution in [2.75, 3.05) is 69.3 Å². The molecular formula is C21H36IN7S. The average molecular weight is 546 g/mol. The fourth-order valence-corrected chi connectivity index (χ4v) is 5.90. The van der Waals surface area contributed by atoms with Gasteiger partial charge in [0.2, 0.25) is 5.95 Å². The maximum absolute atomic E-state index is 4.63. The fraction of sp³-hybridized carbons (Fsp3) is 0.762. The van der Waals surface area contributed by atoms with Gasteiger partial charge in [0.05, 0.1) is 0 Å². The fourth-order valence-electron chi connectivity index (χ4n) is 5.00. The minimum absolute atomic E-state index is 0. The first-order valence-corrected chi connectivity index (χ1v) is 12.3. The highest BCUT2D eigenvalue weighted by Gasteiger charge is 2.38. The van der Waals surface area contributed by atoms with Crippen molar-refractivity contribution in [3.05, 3.63) is 18.5 Å². The highest BCUT2D eigenvalue weighted by molar-refractivity contribution is 14.0. The number of aliphatic imine (C=N–C) groups is 1. The van der Waals surface area contributed by atoms with Crippen molar-refractivity contribution in [1.82, 2.24) is 25.1 Å². The molecule has 0 bridgehead atoms. The summed E-state index contributed by atoms with van der Waals surface area (Å²) in [5.74, 6) is 4.44. The van der Waals surface area contributed by atoms with Crippen LogP contribution in [0.3, 0.4) is 0 Å². The van der Waals surface area contributed by atoms with E-state index in [1.54, 1.807) is 0 Å². The third-order valence-corrected chi connectivity index (χ3v) is 7.61. The van der Waals surface area contributed by atoms with E-state index in [0.717, 1.165) is 44.6 Å². The Bertz CT molecular complexity index is 655. The second kappa shape index (κ2) is 11.7. The summed E-state index contributed by atoms with van der Waals surface area (Å²) in [5, 5.41) is 3.78. The van der Waals surface area contributed by atoms with E-state index in [-0.39, 0.29) is 24.0 Å². The molecule has 0 unspecified atom stereocenters. The lowest BCUT2D eigenvalue weighted by atomic mass is 9.80. The molecule has 168 valence electrons. The Hall–Kier alpha value is -0.810. The van der Waals surface area contributed by atoms with E-state index in [1.807, 2.05) is 25.5 Å². The van der Waals surface area contributed by atoms with Gasteiger partial charge in [-0.2, -0.15) is 11.8 Å². The predicted molar refractivity (Wildman–Crippen MR) is 137 cm³/mol. The number of nitrogens with zero attached hydrogens (tertiary/aromatic N) is 6. The molecule has 1 aromatic rings. The van der Waals surface area contributed by atoms with Crippen LogP contribution in [0.25, 0.3) is 0 Å². The molecule has 9 heteroatoms. The second-order valence-corrected chi connectivity index (χ2v) is 9.53. The molecular weight excluding hydrogens is 509 g/mol. The molecule has 0 amide bonds. The molecule has 3 aliphatic rings. The lowest BCUT2D eigenvalue weighted by Crippen LogP contribution is -2.61. The Morgan fingerprint density at radius 2 is 1.70 bits per heavy atom. The first kappa shape index (κ1) is 23.8. The SMILES string of the molecule is CN=C(NCC1(N2CCSCC2)CCCCC1)N1CCN(c2ncccn2)CC1.I. The molecule has 0 radical (unpaired) electrons. The van der Waals surface area contributed by atoms with Crippen LogP contribution in [-0.4, -0.2) is 95.6 Å². The predicted octanol–water partition coefficient (Wildman–Crippen LogP) is 2.54. The summed E-state index contributed by atoms with van der Waals surface area (Å²) in [5.41, 5.74) is 0.314. The summed E-state index contributed by atoms with van der Waals surface area (Å²) >= 11 is 2.10. The van der Waals surface area contributed by atoms with Crippen LogP contribution >= 0.6 is 35.7 Å². The Kier molecular flexibility index (Phi) is 9.31. The molecule has 7 nitrogen and oxygen atoms in total. The molecule has 3 fully saturated rings. The molecule has 3 heterocycles. The second-order valence-electron chi connectivity index (χ2n) is 8.31. The van der Waals surface area contributed by atoms with E-state index in [1.165, 1.54) is 56.7 Å². The van der Waals surface area contributed by atoms with Crippen LogP contribution in [-0.2, 0) is 0 Å². The Labute approximate surface area is 202 Å². The summed E-state index contributed by atoms with van der Waals surface area (Å²) in [6.07, 6.45) is 10.4. The molecule has 1 aliphatic carbocycles. The van der Waals surface area contributed by atoms with Crippen LogP contribution in [0.2, 0.25) is 0 Å². The Morgan fingerprint density at radius 1 is 1.03 bits per heavy atom. The Balaban J connectivity index is 0.00000256. The van der Waals surface area contributed by atoms with Crippen molar-refractivity contribution < 1.29 is 0 Å². The van der Waals surface area contributed by atoms with Gasteiger partial charge in [-0.25, -0.2) is 9.97 Å². The number of thioether (sulfide) groups is 1. The van der Waals surface area contributed by atoms with E-state index in [0.29, 0.717) is 5.54 Å². The average Bonchev–Trinajstić information content (AvgIpc) is 2.82. The molecule has 1 saturated carbocycles. The maximum Gasteiger partial charge on any atom is 0.225 e. The molecule has 0 aromatic carbocycles. The number of guanidine groups is 1. The van der Waals surface area contributed by atoms with Gasteiger partial charge in [0.1, 0.15) is 0 Å². The first-order chi connectivity index (χ1) is 14.3. The lowest BCUT2D eigenvalue weighted by molar-refractivity contribution is 0.0619. The Morgan fingerprint density at radius 3 is 2.33 bits per heavy atom. The zero-order valence-electron chi connectivity index (χ0n) is 18.1. The minimum atomic E-state index is 0. The summed E-state index contributed by atoms with van der Waals surface area (Å²) in [7, 11) is 1.92. The van der Waals surface area contributed by atoms with Crippen molar-refractivity contribution in [3.63, 3.8) is 0 Å². The van der Waals surface area contributed by atoms with Gasteiger partial charge in [-0.05, 0) is 18.9 Å². The zero-order chi connectivity index (χ0) is 19.9. The number of piperazine rings is 1. The van der Waals surface area contributed by atoms with Crippen LogP contribution in [0.1, 0.15) is 32.1 Å². The van der Waals surface area contributed by atoms with Crippen LogP contribution < -0.4 is 10.2 Å². The third kappa shape index (κ3) is 5.70. The van der Waals surface area contributed by atoms with Crippen molar-refractivity contribution >= 4 is 47.6 Å². The van der Waals surface area contributed by atoms with Gasteiger partial charge in [-0.1, -0.05) is 19.3 Å². The highest BCUT2D eigenvalue weighted by Crippen LogP contribution is 2.34. The van der Waals surface area contributed by atoms with Gasteiger partial charge in [0, 0.05) is 82.3 Å². The standard InChI is InChI=1S/C21H35N7S.HI/c1-22-19(26-10-12-27(13-11-26)20-23-8-5-9-24-20)25-18-21(6-3-2-4-7-21)28-14-16-29-17-15-28;/h5,8-9H,2-4,6-7,10-18H2,1H3,(H,22,25);1H. The molecule has 4 rings (SSSR count). The number of hydrogen-bond acceptors (Lipinski definition) is 6. The summed E-state index contributed by atoms with van der Waals surface area (Å²) < 4.78 is 0. The summed E-state index contributed by atoms with van der Waals surface area (Å²) in [6, 6.07) is 1.87. The van der Waals surface area contributed by atoms with Crippen LogP contribution in [0.5, 0.6) is 0 Å². The van der Waals surface area contributed by atoms with E-state index in [4.69, 9.17) is 0 Å². The number of halogens is 1. The number of nitrogens with one attached hydrogen (secondary N) is 1. The monoisotopic (exact) mass is 545 g/mol. The van der Waals surface area contributed by atoms with Crippen LogP contribution in [0.15, 0.2) is 23.5 Å². The van der Waals surface area contributed by atoms with Gasteiger partial charge in [-0.3, -0.25) is 9.89 Å². The van der Waals surface area contributed by atoms with Gasteiger partial charge in [0.25, 0.3) is 0 Å². The topological polar surface area (TPSA) is 59.9 Å².